The molecule has 0 aromatic heterocycles. The van der Waals surface area contributed by atoms with Crippen LogP contribution in [-0.4, -0.2) is 5.91 Å². The van der Waals surface area contributed by atoms with Crippen LogP contribution in [0.3, 0.4) is 0 Å². The summed E-state index contributed by atoms with van der Waals surface area (Å²) in [5.41, 5.74) is 5.13. The zero-order chi connectivity index (χ0) is 16.9. The van der Waals surface area contributed by atoms with Crippen molar-refractivity contribution in [2.45, 2.75) is 0 Å². The molecule has 0 saturated heterocycles. The van der Waals surface area contributed by atoms with Crippen molar-refractivity contribution in [1.82, 2.24) is 0 Å². The first-order valence-electron chi connectivity index (χ1n) is 7.31. The standard InChI is InChI=1S/C19H14Cl2N2O/c20-15-6-10-17(11-7-15)22-23(18-12-8-16(21)9-13-18)19(24)14-4-2-1-3-5-14/h1-13,22H. The van der Waals surface area contributed by atoms with Crippen molar-refractivity contribution in [2.24, 2.45) is 0 Å². The highest BCUT2D eigenvalue weighted by atomic mass is 35.5. The van der Waals surface area contributed by atoms with Gasteiger partial charge in [-0.05, 0) is 60.7 Å². The van der Waals surface area contributed by atoms with Crippen LogP contribution in [0.2, 0.25) is 10.0 Å². The number of halogens is 2. The lowest BCUT2D eigenvalue weighted by atomic mass is 10.2. The number of benzene rings is 3. The minimum absolute atomic E-state index is 0.173. The van der Waals surface area contributed by atoms with Crippen LogP contribution in [-0.2, 0) is 0 Å². The summed E-state index contributed by atoms with van der Waals surface area (Å²) in [6, 6.07) is 23.3. The van der Waals surface area contributed by atoms with E-state index in [-0.39, 0.29) is 5.91 Å². The van der Waals surface area contributed by atoms with E-state index in [1.807, 2.05) is 30.3 Å². The molecule has 0 heterocycles. The van der Waals surface area contributed by atoms with Crippen molar-refractivity contribution < 1.29 is 4.79 Å². The third kappa shape index (κ3) is 3.88. The normalized spacial score (nSPS) is 10.2. The van der Waals surface area contributed by atoms with E-state index < -0.39 is 0 Å². The van der Waals surface area contributed by atoms with Crippen molar-refractivity contribution in [3.63, 3.8) is 0 Å². The van der Waals surface area contributed by atoms with Crippen LogP contribution < -0.4 is 10.4 Å². The molecule has 1 amide bonds. The van der Waals surface area contributed by atoms with Gasteiger partial charge in [-0.25, -0.2) is 5.01 Å². The highest BCUT2D eigenvalue weighted by Gasteiger charge is 2.18. The van der Waals surface area contributed by atoms with Crippen molar-refractivity contribution in [2.75, 3.05) is 10.4 Å². The van der Waals surface area contributed by atoms with E-state index >= 15 is 0 Å². The van der Waals surface area contributed by atoms with Gasteiger partial charge >= 0.3 is 0 Å². The molecule has 0 spiro atoms. The topological polar surface area (TPSA) is 32.3 Å². The smallest absolute Gasteiger partial charge is 0.276 e. The van der Waals surface area contributed by atoms with Gasteiger partial charge in [0.1, 0.15) is 0 Å². The molecule has 24 heavy (non-hydrogen) atoms. The van der Waals surface area contributed by atoms with Gasteiger partial charge in [0.05, 0.1) is 11.4 Å². The lowest BCUT2D eigenvalue weighted by molar-refractivity contribution is 0.0993. The molecule has 120 valence electrons. The van der Waals surface area contributed by atoms with Crippen LogP contribution in [0.4, 0.5) is 11.4 Å². The number of amides is 1. The van der Waals surface area contributed by atoms with Crippen LogP contribution in [0.25, 0.3) is 0 Å². The summed E-state index contributed by atoms with van der Waals surface area (Å²) in [7, 11) is 0. The summed E-state index contributed by atoms with van der Waals surface area (Å²) in [6.07, 6.45) is 0. The van der Waals surface area contributed by atoms with E-state index in [0.29, 0.717) is 21.3 Å². The third-order valence-electron chi connectivity index (χ3n) is 3.39. The SMILES string of the molecule is O=C(c1ccccc1)N(Nc1ccc(Cl)cc1)c1ccc(Cl)cc1. The first-order valence-corrected chi connectivity index (χ1v) is 8.06. The van der Waals surface area contributed by atoms with Gasteiger partial charge in [-0.15, -0.1) is 0 Å². The highest BCUT2D eigenvalue weighted by Crippen LogP contribution is 2.22. The van der Waals surface area contributed by atoms with E-state index in [0.717, 1.165) is 5.69 Å². The second kappa shape index (κ2) is 7.39. The van der Waals surface area contributed by atoms with Crippen molar-refractivity contribution in [1.29, 1.82) is 0 Å². The largest absolute Gasteiger partial charge is 0.291 e. The van der Waals surface area contributed by atoms with Crippen LogP contribution in [0.1, 0.15) is 10.4 Å². The number of carbonyl (C=O) groups is 1. The molecule has 0 aliphatic carbocycles. The molecule has 0 atom stereocenters. The molecule has 0 saturated carbocycles. The number of carbonyl (C=O) groups excluding carboxylic acids is 1. The van der Waals surface area contributed by atoms with Gasteiger partial charge in [0, 0.05) is 15.6 Å². The molecule has 3 aromatic rings. The maximum Gasteiger partial charge on any atom is 0.276 e. The van der Waals surface area contributed by atoms with Crippen molar-refractivity contribution in [3.05, 3.63) is 94.5 Å². The summed E-state index contributed by atoms with van der Waals surface area (Å²) < 4.78 is 0. The van der Waals surface area contributed by atoms with Crippen molar-refractivity contribution >= 4 is 40.5 Å². The Morgan fingerprint density at radius 1 is 0.750 bits per heavy atom. The van der Waals surface area contributed by atoms with E-state index in [9.17, 15) is 4.79 Å². The number of hydrazine groups is 1. The predicted octanol–water partition coefficient (Wildman–Crippen LogP) is 5.67. The van der Waals surface area contributed by atoms with Gasteiger partial charge in [-0.3, -0.25) is 10.2 Å². The lowest BCUT2D eigenvalue weighted by Gasteiger charge is -2.24. The Morgan fingerprint density at radius 3 is 1.88 bits per heavy atom. The third-order valence-corrected chi connectivity index (χ3v) is 3.90. The molecule has 1 N–H and O–H groups in total. The van der Waals surface area contributed by atoms with Gasteiger partial charge in [0.25, 0.3) is 5.91 Å². The molecule has 0 bridgehead atoms. The molecular weight excluding hydrogens is 343 g/mol. The summed E-state index contributed by atoms with van der Waals surface area (Å²) >= 11 is 11.9. The minimum atomic E-state index is -0.173. The molecule has 0 radical (unpaired) electrons. The van der Waals surface area contributed by atoms with Crippen LogP contribution >= 0.6 is 23.2 Å². The minimum Gasteiger partial charge on any atom is -0.291 e. The molecule has 5 heteroatoms. The molecular formula is C19H14Cl2N2O. The number of nitrogens with one attached hydrogen (secondary N) is 1. The Kier molecular flexibility index (Phi) is 5.04. The Morgan fingerprint density at radius 2 is 1.29 bits per heavy atom. The summed E-state index contributed by atoms with van der Waals surface area (Å²) in [5, 5.41) is 2.72. The van der Waals surface area contributed by atoms with Gasteiger partial charge in [0.15, 0.2) is 0 Å². The Balaban J connectivity index is 1.95. The summed E-state index contributed by atoms with van der Waals surface area (Å²) in [5.74, 6) is -0.173. The van der Waals surface area contributed by atoms with E-state index in [1.54, 1.807) is 48.5 Å². The lowest BCUT2D eigenvalue weighted by Crippen LogP contribution is -2.36. The monoisotopic (exact) mass is 356 g/mol. The fourth-order valence-electron chi connectivity index (χ4n) is 2.19. The maximum atomic E-state index is 12.9. The quantitative estimate of drug-likeness (QED) is 0.611. The molecule has 0 fully saturated rings. The predicted molar refractivity (Wildman–Crippen MR) is 99.8 cm³/mol. The average molecular weight is 357 g/mol. The van der Waals surface area contributed by atoms with Gasteiger partial charge < -0.3 is 0 Å². The first-order chi connectivity index (χ1) is 11.6. The Hall–Kier alpha value is -2.49. The number of hydrogen-bond donors (Lipinski definition) is 1. The Labute approximate surface area is 150 Å². The van der Waals surface area contributed by atoms with Crippen LogP contribution in [0, 0.1) is 0 Å². The second-order valence-corrected chi connectivity index (χ2v) is 5.97. The Bertz CT molecular complexity index is 818. The fraction of sp³-hybridized carbons (Fsp3) is 0. The zero-order valence-electron chi connectivity index (χ0n) is 12.6. The number of rotatable bonds is 4. The molecule has 0 aliphatic rings. The summed E-state index contributed by atoms with van der Waals surface area (Å²) in [6.45, 7) is 0. The van der Waals surface area contributed by atoms with E-state index in [1.165, 1.54) is 5.01 Å². The number of nitrogens with zero attached hydrogens (tertiary/aromatic N) is 1. The number of hydrogen-bond acceptors (Lipinski definition) is 2. The van der Waals surface area contributed by atoms with E-state index in [4.69, 9.17) is 23.2 Å². The highest BCUT2D eigenvalue weighted by molar-refractivity contribution is 6.31. The molecule has 3 rings (SSSR count). The van der Waals surface area contributed by atoms with E-state index in [2.05, 4.69) is 5.43 Å². The van der Waals surface area contributed by atoms with Crippen LogP contribution in [0.5, 0.6) is 0 Å². The van der Waals surface area contributed by atoms with Gasteiger partial charge in [-0.2, -0.15) is 0 Å². The molecule has 0 aliphatic heterocycles. The van der Waals surface area contributed by atoms with Gasteiger partial charge in [-0.1, -0.05) is 41.4 Å². The second-order valence-electron chi connectivity index (χ2n) is 5.10. The molecule has 3 nitrogen and oxygen atoms in total. The molecule has 0 unspecified atom stereocenters. The van der Waals surface area contributed by atoms with Crippen LogP contribution in [0.15, 0.2) is 78.9 Å². The first kappa shape index (κ1) is 16.4. The fourth-order valence-corrected chi connectivity index (χ4v) is 2.44. The summed E-state index contributed by atoms with van der Waals surface area (Å²) in [4.78, 5) is 12.9. The average Bonchev–Trinajstić information content (AvgIpc) is 2.62. The van der Waals surface area contributed by atoms with Crippen molar-refractivity contribution in [3.8, 4) is 0 Å². The van der Waals surface area contributed by atoms with Gasteiger partial charge in [0.2, 0.25) is 0 Å². The zero-order valence-corrected chi connectivity index (χ0v) is 14.1. The number of anilines is 2. The molecule has 3 aromatic carbocycles. The maximum absolute atomic E-state index is 12.9.